The number of benzene rings is 1. The van der Waals surface area contributed by atoms with E-state index < -0.39 is 17.6 Å². The topological polar surface area (TPSA) is 70.0 Å². The van der Waals surface area contributed by atoms with E-state index in [4.69, 9.17) is 5.26 Å². The van der Waals surface area contributed by atoms with Crippen molar-refractivity contribution in [2.45, 2.75) is 0 Å². The molecule has 2 rings (SSSR count). The van der Waals surface area contributed by atoms with Crippen LogP contribution in [0.15, 0.2) is 47.8 Å². The van der Waals surface area contributed by atoms with E-state index in [9.17, 15) is 9.59 Å². The highest BCUT2D eigenvalue weighted by atomic mass is 32.1. The Bertz CT molecular complexity index is 615. The molecule has 1 atom stereocenters. The van der Waals surface area contributed by atoms with Crippen LogP contribution in [-0.4, -0.2) is 11.7 Å². The zero-order valence-corrected chi connectivity index (χ0v) is 10.7. The summed E-state index contributed by atoms with van der Waals surface area (Å²) in [6, 6.07) is 13.8. The molecular formula is C14H10N2O2S. The number of carbonyl (C=O) groups is 2. The maximum Gasteiger partial charge on any atom is 0.249 e. The number of nitrogens with zero attached hydrogens (tertiary/aromatic N) is 1. The summed E-state index contributed by atoms with van der Waals surface area (Å²) in [5, 5.41) is 13.3. The lowest BCUT2D eigenvalue weighted by Gasteiger charge is -2.08. The molecule has 0 saturated carbocycles. The summed E-state index contributed by atoms with van der Waals surface area (Å²) in [7, 11) is 0. The Labute approximate surface area is 114 Å². The van der Waals surface area contributed by atoms with Crippen molar-refractivity contribution >= 4 is 28.7 Å². The molecule has 1 N–H and O–H groups in total. The van der Waals surface area contributed by atoms with E-state index in [1.807, 2.05) is 6.07 Å². The van der Waals surface area contributed by atoms with Gasteiger partial charge in [0.1, 0.15) is 0 Å². The summed E-state index contributed by atoms with van der Waals surface area (Å²) in [4.78, 5) is 24.3. The largest absolute Gasteiger partial charge is 0.325 e. The summed E-state index contributed by atoms with van der Waals surface area (Å²) in [5.74, 6) is -2.39. The minimum Gasteiger partial charge on any atom is -0.325 e. The molecule has 1 aromatic carbocycles. The van der Waals surface area contributed by atoms with Crippen LogP contribution >= 0.6 is 11.3 Å². The van der Waals surface area contributed by atoms with Crippen LogP contribution < -0.4 is 5.32 Å². The van der Waals surface area contributed by atoms with E-state index in [2.05, 4.69) is 5.32 Å². The number of hydrogen-bond acceptors (Lipinski definition) is 4. The first kappa shape index (κ1) is 13.0. The normalized spacial score (nSPS) is 11.3. The minimum absolute atomic E-state index is 0.412. The molecule has 5 heteroatoms. The highest BCUT2D eigenvalue weighted by molar-refractivity contribution is 7.12. The standard InChI is InChI=1S/C14H10N2O2S/c15-9-11(13(17)12-7-4-8-19-12)14(18)16-10-5-2-1-3-6-10/h1-8,11H,(H,16,18)/t11-/m1/s1. The second-order valence-corrected chi connectivity index (χ2v) is 4.71. The zero-order valence-electron chi connectivity index (χ0n) is 9.87. The smallest absolute Gasteiger partial charge is 0.249 e. The van der Waals surface area contributed by atoms with Crippen molar-refractivity contribution in [3.63, 3.8) is 0 Å². The summed E-state index contributed by atoms with van der Waals surface area (Å²) < 4.78 is 0. The van der Waals surface area contributed by atoms with Gasteiger partial charge in [-0.3, -0.25) is 9.59 Å². The average Bonchev–Trinajstić information content (AvgIpc) is 2.94. The molecule has 0 radical (unpaired) electrons. The third-order valence-corrected chi connectivity index (χ3v) is 3.34. The van der Waals surface area contributed by atoms with E-state index in [1.165, 1.54) is 11.3 Å². The number of rotatable bonds is 4. The van der Waals surface area contributed by atoms with Gasteiger partial charge in [0.05, 0.1) is 10.9 Å². The molecule has 0 aliphatic rings. The van der Waals surface area contributed by atoms with Crippen LogP contribution in [0.1, 0.15) is 9.67 Å². The van der Waals surface area contributed by atoms with Crippen molar-refractivity contribution < 1.29 is 9.59 Å². The van der Waals surface area contributed by atoms with Gasteiger partial charge < -0.3 is 5.32 Å². The molecule has 1 aromatic heterocycles. The van der Waals surface area contributed by atoms with Crippen molar-refractivity contribution in [1.29, 1.82) is 5.26 Å². The van der Waals surface area contributed by atoms with Crippen molar-refractivity contribution in [1.82, 2.24) is 0 Å². The van der Waals surface area contributed by atoms with E-state index in [0.717, 1.165) is 0 Å². The Hall–Kier alpha value is -2.45. The predicted molar refractivity (Wildman–Crippen MR) is 72.8 cm³/mol. The number of carbonyl (C=O) groups excluding carboxylic acids is 2. The molecule has 1 heterocycles. The van der Waals surface area contributed by atoms with E-state index in [1.54, 1.807) is 47.8 Å². The van der Waals surface area contributed by atoms with Gasteiger partial charge >= 0.3 is 0 Å². The maximum absolute atomic E-state index is 12.0. The summed E-state index contributed by atoms with van der Waals surface area (Å²) in [6.45, 7) is 0. The number of nitriles is 1. The molecule has 0 spiro atoms. The highest BCUT2D eigenvalue weighted by Crippen LogP contribution is 2.16. The number of anilines is 1. The molecular weight excluding hydrogens is 260 g/mol. The van der Waals surface area contributed by atoms with Gasteiger partial charge in [0.25, 0.3) is 0 Å². The van der Waals surface area contributed by atoms with Crippen LogP contribution in [-0.2, 0) is 4.79 Å². The molecule has 2 aromatic rings. The summed E-state index contributed by atoms with van der Waals surface area (Å²) in [6.07, 6.45) is 0. The van der Waals surface area contributed by atoms with Crippen molar-refractivity contribution in [2.75, 3.05) is 5.32 Å². The Morgan fingerprint density at radius 3 is 2.47 bits per heavy atom. The first-order chi connectivity index (χ1) is 9.22. The summed E-state index contributed by atoms with van der Waals surface area (Å²) >= 11 is 1.22. The van der Waals surface area contributed by atoms with E-state index in [0.29, 0.717) is 10.6 Å². The SMILES string of the molecule is N#C[C@@H](C(=O)Nc1ccccc1)C(=O)c1cccs1. The van der Waals surface area contributed by atoms with Crippen LogP contribution in [0.4, 0.5) is 5.69 Å². The number of Topliss-reactive ketones (excluding diaryl/α,β-unsaturated/α-hetero) is 1. The maximum atomic E-state index is 12.0. The first-order valence-electron chi connectivity index (χ1n) is 5.55. The molecule has 0 unspecified atom stereocenters. The molecule has 0 saturated heterocycles. The summed E-state index contributed by atoms with van der Waals surface area (Å²) in [5.41, 5.74) is 0.562. The van der Waals surface area contributed by atoms with Crippen LogP contribution in [0.3, 0.4) is 0 Å². The Morgan fingerprint density at radius 2 is 1.89 bits per heavy atom. The Morgan fingerprint density at radius 1 is 1.16 bits per heavy atom. The first-order valence-corrected chi connectivity index (χ1v) is 6.43. The number of ketones is 1. The third kappa shape index (κ3) is 3.06. The molecule has 94 valence electrons. The number of thiophene rings is 1. The molecule has 19 heavy (non-hydrogen) atoms. The van der Waals surface area contributed by atoms with Gasteiger partial charge in [-0.15, -0.1) is 11.3 Å². The van der Waals surface area contributed by atoms with Gasteiger partial charge in [-0.2, -0.15) is 5.26 Å². The molecule has 0 fully saturated rings. The zero-order chi connectivity index (χ0) is 13.7. The quantitative estimate of drug-likeness (QED) is 0.686. The molecule has 0 bridgehead atoms. The van der Waals surface area contributed by atoms with Crippen molar-refractivity contribution in [3.05, 3.63) is 52.7 Å². The van der Waals surface area contributed by atoms with Crippen LogP contribution in [0.25, 0.3) is 0 Å². The van der Waals surface area contributed by atoms with Crippen molar-refractivity contribution in [3.8, 4) is 6.07 Å². The van der Waals surface area contributed by atoms with Crippen LogP contribution in [0.2, 0.25) is 0 Å². The number of amides is 1. The predicted octanol–water partition coefficient (Wildman–Crippen LogP) is 2.71. The van der Waals surface area contributed by atoms with Gasteiger partial charge in [-0.05, 0) is 23.6 Å². The Balaban J connectivity index is 2.13. The second-order valence-electron chi connectivity index (χ2n) is 3.76. The lowest BCUT2D eigenvalue weighted by molar-refractivity contribution is -0.117. The van der Waals surface area contributed by atoms with Gasteiger partial charge in [0, 0.05) is 5.69 Å². The van der Waals surface area contributed by atoms with Gasteiger partial charge in [0.15, 0.2) is 11.7 Å². The van der Waals surface area contributed by atoms with Crippen LogP contribution in [0.5, 0.6) is 0 Å². The van der Waals surface area contributed by atoms with E-state index in [-0.39, 0.29) is 0 Å². The fraction of sp³-hybridized carbons (Fsp3) is 0.0714. The highest BCUT2D eigenvalue weighted by Gasteiger charge is 2.28. The Kier molecular flexibility index (Phi) is 4.06. The second kappa shape index (κ2) is 5.94. The van der Waals surface area contributed by atoms with Gasteiger partial charge in [-0.1, -0.05) is 24.3 Å². The average molecular weight is 270 g/mol. The van der Waals surface area contributed by atoms with Gasteiger partial charge in [0.2, 0.25) is 5.91 Å². The van der Waals surface area contributed by atoms with Gasteiger partial charge in [-0.25, -0.2) is 0 Å². The lowest BCUT2D eigenvalue weighted by Crippen LogP contribution is -2.28. The fourth-order valence-electron chi connectivity index (χ4n) is 1.53. The molecule has 0 aliphatic carbocycles. The molecule has 1 amide bonds. The van der Waals surface area contributed by atoms with Crippen molar-refractivity contribution in [2.24, 2.45) is 5.92 Å². The fourth-order valence-corrected chi connectivity index (χ4v) is 2.23. The number of hydrogen-bond donors (Lipinski definition) is 1. The third-order valence-electron chi connectivity index (χ3n) is 2.46. The number of para-hydroxylation sites is 1. The lowest BCUT2D eigenvalue weighted by atomic mass is 10.0. The number of nitrogens with one attached hydrogen (secondary N) is 1. The molecule has 0 aliphatic heterocycles. The minimum atomic E-state index is -1.32. The van der Waals surface area contributed by atoms with Crippen LogP contribution in [0, 0.1) is 17.2 Å². The monoisotopic (exact) mass is 270 g/mol. The van der Waals surface area contributed by atoms with E-state index >= 15 is 0 Å². The molecule has 4 nitrogen and oxygen atoms in total.